The average Bonchev–Trinajstić information content (AvgIpc) is 2.29. The second-order valence-electron chi connectivity index (χ2n) is 3.05. The predicted octanol–water partition coefficient (Wildman–Crippen LogP) is 2.93. The molecule has 0 heterocycles. The van der Waals surface area contributed by atoms with Crippen molar-refractivity contribution >= 4 is 34.4 Å². The summed E-state index contributed by atoms with van der Waals surface area (Å²) < 4.78 is 0.650. The van der Waals surface area contributed by atoms with Gasteiger partial charge in [0.1, 0.15) is 0 Å². The number of hydrogen-bond acceptors (Lipinski definition) is 2. The fourth-order valence-electron chi connectivity index (χ4n) is 1.29. The molecule has 86 valence electrons. The van der Waals surface area contributed by atoms with Crippen LogP contribution in [0.3, 0.4) is 0 Å². The minimum absolute atomic E-state index is 0.0716. The van der Waals surface area contributed by atoms with Gasteiger partial charge in [-0.05, 0) is 56.4 Å². The number of carbonyl (C=O) groups excluding carboxylic acids is 2. The van der Waals surface area contributed by atoms with Gasteiger partial charge in [-0.25, -0.2) is 0 Å². The molecule has 0 saturated carbocycles. The van der Waals surface area contributed by atoms with Crippen LogP contribution in [-0.4, -0.2) is 11.8 Å². The van der Waals surface area contributed by atoms with Crippen molar-refractivity contribution in [1.82, 2.24) is 0 Å². The Morgan fingerprint density at radius 2 is 2.00 bits per heavy atom. The molecule has 17 heavy (non-hydrogen) atoms. The van der Waals surface area contributed by atoms with Gasteiger partial charge in [0.25, 0.3) is 0 Å². The number of hydrogen-bond donors (Lipinski definition) is 0. The van der Waals surface area contributed by atoms with E-state index >= 15 is 0 Å². The molecule has 0 aliphatic heterocycles. The quantitative estimate of drug-likeness (QED) is 0.330. The maximum atomic E-state index is 11.4. The van der Waals surface area contributed by atoms with Crippen molar-refractivity contribution in [2.24, 2.45) is 16.1 Å². The zero-order valence-corrected chi connectivity index (χ0v) is 10.5. The van der Waals surface area contributed by atoms with Crippen LogP contribution < -0.4 is 0 Å². The third kappa shape index (κ3) is 3.59. The molecule has 0 aromatic carbocycles. The summed E-state index contributed by atoms with van der Waals surface area (Å²) in [5.74, 6) is -2.08. The van der Waals surface area contributed by atoms with Crippen LogP contribution in [0.15, 0.2) is 31.5 Å². The Morgan fingerprint density at radius 1 is 1.35 bits per heavy atom. The lowest BCUT2D eigenvalue weighted by Crippen LogP contribution is -2.15. The average molecular weight is 344 g/mol. The molecule has 0 bridgehead atoms. The van der Waals surface area contributed by atoms with Gasteiger partial charge >= 0.3 is 0 Å². The van der Waals surface area contributed by atoms with Gasteiger partial charge in [-0.15, -0.1) is 0 Å². The Hall–Kier alpha value is -1.83. The minimum Gasteiger partial charge on any atom is -0.292 e. The van der Waals surface area contributed by atoms with Crippen molar-refractivity contribution in [1.29, 1.82) is 0 Å². The van der Waals surface area contributed by atoms with Crippen LogP contribution in [-0.2, 0) is 9.59 Å². The van der Waals surface area contributed by atoms with E-state index in [0.717, 1.165) is 0 Å². The fourth-order valence-corrected chi connectivity index (χ4v) is 2.10. The number of nitrogens with zero attached hydrogens (tertiary/aromatic N) is 6. The first-order chi connectivity index (χ1) is 8.08. The van der Waals surface area contributed by atoms with Crippen molar-refractivity contribution < 1.29 is 9.59 Å². The van der Waals surface area contributed by atoms with E-state index in [0.29, 0.717) is 3.58 Å². The molecule has 8 nitrogen and oxygen atoms in total. The van der Waals surface area contributed by atoms with Crippen molar-refractivity contribution in [2.75, 3.05) is 0 Å². The Balaban J connectivity index is 2.97. The predicted molar refractivity (Wildman–Crippen MR) is 66.6 cm³/mol. The lowest BCUT2D eigenvalue weighted by molar-refractivity contribution is -0.120. The third-order valence-electron chi connectivity index (χ3n) is 1.98. The second kappa shape index (κ2) is 6.04. The molecule has 1 atom stereocenters. The summed E-state index contributed by atoms with van der Waals surface area (Å²) >= 11 is 1.92. The molecule has 0 radical (unpaired) electrons. The van der Waals surface area contributed by atoms with Crippen LogP contribution >= 0.6 is 22.6 Å². The minimum atomic E-state index is -0.728. The largest absolute Gasteiger partial charge is 0.292 e. The van der Waals surface area contributed by atoms with Gasteiger partial charge in [-0.2, -0.15) is 0 Å². The SMILES string of the molecule is [N-]=[N+]=NC(=O)C1=CC(I)=C[C@@H](C(=O)N=[N+]=[N-])C1. The zero-order valence-electron chi connectivity index (χ0n) is 8.32. The molecule has 0 saturated heterocycles. The molecule has 9 heteroatoms. The van der Waals surface area contributed by atoms with E-state index in [1.54, 1.807) is 6.08 Å². The molecule has 0 aromatic heterocycles. The van der Waals surface area contributed by atoms with E-state index in [1.807, 2.05) is 22.6 Å². The highest BCUT2D eigenvalue weighted by Gasteiger charge is 2.23. The van der Waals surface area contributed by atoms with Gasteiger partial charge in [0.05, 0.1) is 0 Å². The summed E-state index contributed by atoms with van der Waals surface area (Å²) in [6.45, 7) is 0. The van der Waals surface area contributed by atoms with Crippen LogP contribution in [0.25, 0.3) is 20.9 Å². The van der Waals surface area contributed by atoms with Gasteiger partial charge in [0, 0.05) is 24.9 Å². The third-order valence-corrected chi connectivity index (χ3v) is 2.65. The number of allylic oxidation sites excluding steroid dienone is 2. The number of amides is 2. The Labute approximate surface area is 109 Å². The molecular formula is C8H5IN6O2. The van der Waals surface area contributed by atoms with Gasteiger partial charge in [0.2, 0.25) is 11.8 Å². The Kier molecular flexibility index (Phi) is 4.70. The van der Waals surface area contributed by atoms with Crippen LogP contribution in [0.1, 0.15) is 6.42 Å². The molecule has 1 aliphatic rings. The summed E-state index contributed by atoms with van der Waals surface area (Å²) in [5, 5.41) is 5.92. The van der Waals surface area contributed by atoms with Crippen LogP contribution in [0.5, 0.6) is 0 Å². The van der Waals surface area contributed by atoms with Crippen LogP contribution in [0.4, 0.5) is 0 Å². The Morgan fingerprint density at radius 3 is 2.59 bits per heavy atom. The van der Waals surface area contributed by atoms with Gasteiger partial charge in [-0.3, -0.25) is 9.59 Å². The second-order valence-corrected chi connectivity index (χ2v) is 4.30. The van der Waals surface area contributed by atoms with E-state index in [1.165, 1.54) is 6.08 Å². The standard InChI is InChI=1S/C8H5IN6O2/c9-6-2-4(7(16)12-14-10)1-5(3-6)8(17)13-15-11/h2-4H,1H2/t4-/m0/s1. The first-order valence-corrected chi connectivity index (χ1v) is 5.42. The Bertz CT molecular complexity index is 524. The molecule has 0 aromatic rings. The van der Waals surface area contributed by atoms with Gasteiger partial charge < -0.3 is 0 Å². The van der Waals surface area contributed by atoms with E-state index < -0.39 is 17.7 Å². The maximum Gasteiger partial charge on any atom is 0.245 e. The van der Waals surface area contributed by atoms with Gasteiger partial charge in [-0.1, -0.05) is 6.08 Å². The van der Waals surface area contributed by atoms with E-state index in [2.05, 4.69) is 20.1 Å². The van der Waals surface area contributed by atoms with Crippen molar-refractivity contribution in [3.05, 3.63) is 42.2 Å². The van der Waals surface area contributed by atoms with E-state index in [4.69, 9.17) is 11.1 Å². The van der Waals surface area contributed by atoms with Gasteiger partial charge in [0.15, 0.2) is 0 Å². The number of azide groups is 2. The topological polar surface area (TPSA) is 132 Å². The molecule has 0 fully saturated rings. The fraction of sp³-hybridized carbons (Fsp3) is 0.250. The lowest BCUT2D eigenvalue weighted by Gasteiger charge is -2.15. The number of rotatable bonds is 2. The number of carbonyl (C=O) groups is 2. The summed E-state index contributed by atoms with van der Waals surface area (Å²) in [5.41, 5.74) is 16.5. The monoisotopic (exact) mass is 344 g/mol. The lowest BCUT2D eigenvalue weighted by atomic mass is 9.93. The van der Waals surface area contributed by atoms with Crippen molar-refractivity contribution in [3.63, 3.8) is 0 Å². The van der Waals surface area contributed by atoms with Crippen molar-refractivity contribution in [3.8, 4) is 0 Å². The van der Waals surface area contributed by atoms with Crippen LogP contribution in [0, 0.1) is 5.92 Å². The van der Waals surface area contributed by atoms with Crippen LogP contribution in [0.2, 0.25) is 0 Å². The summed E-state index contributed by atoms with van der Waals surface area (Å²) in [4.78, 5) is 27.5. The summed E-state index contributed by atoms with van der Waals surface area (Å²) in [6, 6.07) is 0. The first kappa shape index (κ1) is 13.2. The highest BCUT2D eigenvalue weighted by Crippen LogP contribution is 2.28. The normalized spacial score (nSPS) is 18.1. The number of halogens is 1. The molecular weight excluding hydrogens is 339 g/mol. The molecule has 1 aliphatic carbocycles. The summed E-state index contributed by atoms with van der Waals surface area (Å²) in [6.07, 6.45) is 3.18. The smallest absolute Gasteiger partial charge is 0.245 e. The molecule has 0 unspecified atom stereocenters. The zero-order chi connectivity index (χ0) is 12.8. The molecule has 0 spiro atoms. The summed E-state index contributed by atoms with van der Waals surface area (Å²) in [7, 11) is 0. The molecule has 0 N–H and O–H groups in total. The highest BCUT2D eigenvalue weighted by atomic mass is 127. The highest BCUT2D eigenvalue weighted by molar-refractivity contribution is 14.1. The molecule has 2 amide bonds. The van der Waals surface area contributed by atoms with E-state index in [-0.39, 0.29) is 12.0 Å². The van der Waals surface area contributed by atoms with E-state index in [9.17, 15) is 9.59 Å². The maximum absolute atomic E-state index is 11.4. The molecule has 1 rings (SSSR count). The van der Waals surface area contributed by atoms with Crippen molar-refractivity contribution in [2.45, 2.75) is 6.42 Å². The first-order valence-electron chi connectivity index (χ1n) is 4.34.